The summed E-state index contributed by atoms with van der Waals surface area (Å²) in [4.78, 5) is 4.65. The molecule has 1 aliphatic heterocycles. The van der Waals surface area contributed by atoms with Gasteiger partial charge in [-0.1, -0.05) is 19.1 Å². The van der Waals surface area contributed by atoms with E-state index in [-0.39, 0.29) is 10.9 Å². The maximum atomic E-state index is 12.6. The van der Waals surface area contributed by atoms with Crippen LogP contribution in [0.25, 0.3) is 0 Å². The summed E-state index contributed by atoms with van der Waals surface area (Å²) in [6.45, 7) is 4.36. The lowest BCUT2D eigenvalue weighted by Crippen LogP contribution is -2.27. The first kappa shape index (κ1) is 15.5. The van der Waals surface area contributed by atoms with Crippen LogP contribution in [0.4, 0.5) is 0 Å². The van der Waals surface area contributed by atoms with Gasteiger partial charge < -0.3 is 4.74 Å². The molecule has 5 nitrogen and oxygen atoms in total. The van der Waals surface area contributed by atoms with Crippen molar-refractivity contribution in [2.24, 2.45) is 0 Å². The zero-order valence-electron chi connectivity index (χ0n) is 12.5. The molecule has 2 heterocycles. The van der Waals surface area contributed by atoms with Crippen molar-refractivity contribution in [2.45, 2.75) is 37.6 Å². The molecule has 7 heteroatoms. The van der Waals surface area contributed by atoms with Gasteiger partial charge in [0.25, 0.3) is 0 Å². The van der Waals surface area contributed by atoms with Gasteiger partial charge >= 0.3 is 0 Å². The third-order valence-corrected chi connectivity index (χ3v) is 6.24. The van der Waals surface area contributed by atoms with Gasteiger partial charge in [-0.05, 0) is 25.0 Å². The Kier molecular flexibility index (Phi) is 4.20. The molecular formula is C15H18N2O3S2. The summed E-state index contributed by atoms with van der Waals surface area (Å²) in [5.74, 6) is 0.482. The first-order valence-corrected chi connectivity index (χ1v) is 9.59. The van der Waals surface area contributed by atoms with Gasteiger partial charge in [0.1, 0.15) is 15.7 Å². The van der Waals surface area contributed by atoms with Crippen LogP contribution >= 0.6 is 11.3 Å². The second-order valence-corrected chi connectivity index (χ2v) is 7.79. The van der Waals surface area contributed by atoms with Crippen molar-refractivity contribution in [3.63, 3.8) is 0 Å². The van der Waals surface area contributed by atoms with Gasteiger partial charge in [-0.2, -0.15) is 0 Å². The van der Waals surface area contributed by atoms with Gasteiger partial charge in [0.05, 0.1) is 18.3 Å². The lowest BCUT2D eigenvalue weighted by atomic mass is 10.2. The van der Waals surface area contributed by atoms with Gasteiger partial charge in [0.2, 0.25) is 10.0 Å². The van der Waals surface area contributed by atoms with E-state index in [1.54, 1.807) is 19.1 Å². The van der Waals surface area contributed by atoms with E-state index < -0.39 is 10.0 Å². The van der Waals surface area contributed by atoms with Crippen molar-refractivity contribution in [3.05, 3.63) is 39.8 Å². The Labute approximate surface area is 134 Å². The monoisotopic (exact) mass is 338 g/mol. The number of nitrogens with zero attached hydrogens (tertiary/aromatic N) is 1. The lowest BCUT2D eigenvalue weighted by Gasteiger charge is -2.14. The van der Waals surface area contributed by atoms with E-state index in [0.29, 0.717) is 12.4 Å². The zero-order chi connectivity index (χ0) is 15.7. The molecule has 0 aliphatic carbocycles. The van der Waals surface area contributed by atoms with Crippen LogP contribution in [0.2, 0.25) is 0 Å². The summed E-state index contributed by atoms with van der Waals surface area (Å²) >= 11 is 1.47. The van der Waals surface area contributed by atoms with Crippen molar-refractivity contribution in [2.75, 3.05) is 6.61 Å². The molecule has 0 unspecified atom stereocenters. The minimum absolute atomic E-state index is 0.210. The normalized spacial score (nSPS) is 15.4. The molecule has 0 spiro atoms. The van der Waals surface area contributed by atoms with Gasteiger partial charge in [-0.25, -0.2) is 18.1 Å². The van der Waals surface area contributed by atoms with Gasteiger partial charge in [-0.3, -0.25) is 0 Å². The number of ether oxygens (including phenoxy) is 1. The second kappa shape index (κ2) is 5.98. The van der Waals surface area contributed by atoms with Crippen LogP contribution in [0, 0.1) is 0 Å². The SMILES string of the molecule is CCc1csc([C@H](C)NS(=O)(=O)c2cccc3c2OCC3)n1. The van der Waals surface area contributed by atoms with Crippen LogP contribution in [-0.2, 0) is 22.9 Å². The van der Waals surface area contributed by atoms with Gasteiger partial charge in [0.15, 0.2) is 0 Å². The fourth-order valence-corrected chi connectivity index (χ4v) is 4.81. The minimum atomic E-state index is -3.64. The Morgan fingerprint density at radius 1 is 1.45 bits per heavy atom. The summed E-state index contributed by atoms with van der Waals surface area (Å²) in [7, 11) is -3.64. The molecule has 1 atom stereocenters. The molecule has 118 valence electrons. The minimum Gasteiger partial charge on any atom is -0.492 e. The second-order valence-electron chi connectivity index (χ2n) is 5.22. The number of nitrogens with one attached hydrogen (secondary N) is 1. The Balaban J connectivity index is 1.86. The van der Waals surface area contributed by atoms with Crippen molar-refractivity contribution < 1.29 is 13.2 Å². The number of hydrogen-bond acceptors (Lipinski definition) is 5. The fraction of sp³-hybridized carbons (Fsp3) is 0.400. The summed E-state index contributed by atoms with van der Waals surface area (Å²) in [5.41, 5.74) is 1.92. The number of aryl methyl sites for hydroxylation is 1. The van der Waals surface area contributed by atoms with Crippen molar-refractivity contribution >= 4 is 21.4 Å². The lowest BCUT2D eigenvalue weighted by molar-refractivity contribution is 0.348. The highest BCUT2D eigenvalue weighted by Gasteiger charge is 2.27. The molecule has 0 saturated carbocycles. The third-order valence-electron chi connectivity index (χ3n) is 3.60. The number of benzene rings is 1. The number of para-hydroxylation sites is 1. The van der Waals surface area contributed by atoms with E-state index in [1.807, 2.05) is 18.4 Å². The van der Waals surface area contributed by atoms with Crippen LogP contribution in [-0.4, -0.2) is 20.0 Å². The average molecular weight is 338 g/mol. The van der Waals surface area contributed by atoms with E-state index in [0.717, 1.165) is 29.1 Å². The van der Waals surface area contributed by atoms with Crippen LogP contribution in [0.5, 0.6) is 5.75 Å². The van der Waals surface area contributed by atoms with E-state index >= 15 is 0 Å². The number of thiazole rings is 1. The molecule has 1 N–H and O–H groups in total. The molecule has 22 heavy (non-hydrogen) atoms. The number of rotatable bonds is 5. The number of sulfonamides is 1. The highest BCUT2D eigenvalue weighted by molar-refractivity contribution is 7.89. The molecular weight excluding hydrogens is 320 g/mol. The van der Waals surface area contributed by atoms with Crippen LogP contribution < -0.4 is 9.46 Å². The highest BCUT2D eigenvalue weighted by Crippen LogP contribution is 2.33. The van der Waals surface area contributed by atoms with Crippen LogP contribution in [0.1, 0.15) is 36.2 Å². The summed E-state index contributed by atoms with van der Waals surface area (Å²) in [6.07, 6.45) is 1.59. The fourth-order valence-electron chi connectivity index (χ4n) is 2.43. The standard InChI is InChI=1S/C15H18N2O3S2/c1-3-12-9-21-15(16-12)10(2)17-22(18,19)13-6-4-5-11-7-8-20-14(11)13/h4-6,9-10,17H,3,7-8H2,1-2H3/t10-/m0/s1. The van der Waals surface area contributed by atoms with Gasteiger partial charge in [0, 0.05) is 11.8 Å². The first-order chi connectivity index (χ1) is 10.5. The summed E-state index contributed by atoms with van der Waals surface area (Å²) < 4.78 is 33.5. The maximum Gasteiger partial charge on any atom is 0.244 e. The Bertz CT molecular complexity index is 784. The molecule has 0 fully saturated rings. The van der Waals surface area contributed by atoms with Crippen LogP contribution in [0.3, 0.4) is 0 Å². The molecule has 0 amide bonds. The molecule has 3 rings (SSSR count). The molecule has 2 aromatic rings. The molecule has 0 radical (unpaired) electrons. The molecule has 0 bridgehead atoms. The molecule has 1 aliphatic rings. The number of hydrogen-bond donors (Lipinski definition) is 1. The molecule has 1 aromatic carbocycles. The smallest absolute Gasteiger partial charge is 0.244 e. The largest absolute Gasteiger partial charge is 0.492 e. The molecule has 1 aromatic heterocycles. The number of fused-ring (bicyclic) bond motifs is 1. The zero-order valence-corrected chi connectivity index (χ0v) is 14.1. The van der Waals surface area contributed by atoms with E-state index in [9.17, 15) is 8.42 Å². The van der Waals surface area contributed by atoms with Crippen molar-refractivity contribution in [3.8, 4) is 5.75 Å². The Morgan fingerprint density at radius 2 is 2.27 bits per heavy atom. The van der Waals surface area contributed by atoms with E-state index in [4.69, 9.17) is 4.74 Å². The summed E-state index contributed by atoms with van der Waals surface area (Å²) in [6, 6.07) is 4.87. The predicted molar refractivity (Wildman–Crippen MR) is 85.9 cm³/mol. The topological polar surface area (TPSA) is 68.3 Å². The third kappa shape index (κ3) is 2.88. The van der Waals surface area contributed by atoms with E-state index in [1.165, 1.54) is 11.3 Å². The predicted octanol–water partition coefficient (Wildman–Crippen LogP) is 2.68. The maximum absolute atomic E-state index is 12.6. The van der Waals surface area contributed by atoms with E-state index in [2.05, 4.69) is 9.71 Å². The van der Waals surface area contributed by atoms with Crippen LogP contribution in [0.15, 0.2) is 28.5 Å². The number of aromatic nitrogens is 1. The molecule has 0 saturated heterocycles. The highest BCUT2D eigenvalue weighted by atomic mass is 32.2. The van der Waals surface area contributed by atoms with Gasteiger partial charge in [-0.15, -0.1) is 11.3 Å². The Hall–Kier alpha value is -1.44. The van der Waals surface area contributed by atoms with Crippen molar-refractivity contribution in [1.29, 1.82) is 0 Å². The quantitative estimate of drug-likeness (QED) is 0.910. The summed E-state index contributed by atoms with van der Waals surface area (Å²) in [5, 5.41) is 2.73. The first-order valence-electron chi connectivity index (χ1n) is 7.22. The average Bonchev–Trinajstić information content (AvgIpc) is 3.15. The Morgan fingerprint density at radius 3 is 3.00 bits per heavy atom. The van der Waals surface area contributed by atoms with Crippen molar-refractivity contribution in [1.82, 2.24) is 9.71 Å².